The van der Waals surface area contributed by atoms with Crippen LogP contribution >= 0.6 is 0 Å². The second-order valence-electron chi connectivity index (χ2n) is 8.45. The number of alkyl halides is 5. The molecule has 0 saturated heterocycles. The fourth-order valence-electron chi connectivity index (χ4n) is 4.60. The van der Waals surface area contributed by atoms with E-state index in [1.165, 1.54) is 30.5 Å². The van der Waals surface area contributed by atoms with Gasteiger partial charge in [-0.25, -0.2) is 8.78 Å². The Morgan fingerprint density at radius 3 is 2.06 bits per heavy atom. The van der Waals surface area contributed by atoms with Crippen molar-refractivity contribution in [3.8, 4) is 0 Å². The lowest BCUT2D eigenvalue weighted by Crippen LogP contribution is -2.38. The van der Waals surface area contributed by atoms with Crippen molar-refractivity contribution in [2.24, 2.45) is 0 Å². The largest absolute Gasteiger partial charge is 0.416 e. The Kier molecular flexibility index (Phi) is 4.53. The first-order chi connectivity index (χ1) is 15.5. The van der Waals surface area contributed by atoms with Crippen LogP contribution in [0.2, 0.25) is 0 Å². The van der Waals surface area contributed by atoms with Crippen molar-refractivity contribution in [1.82, 2.24) is 4.90 Å². The molecule has 1 unspecified atom stereocenters. The number of imide groups is 1. The van der Waals surface area contributed by atoms with Gasteiger partial charge in [-0.2, -0.15) is 13.2 Å². The summed E-state index contributed by atoms with van der Waals surface area (Å²) in [6.45, 7) is 1.38. The fourth-order valence-corrected chi connectivity index (χ4v) is 4.60. The van der Waals surface area contributed by atoms with E-state index in [4.69, 9.17) is 0 Å². The molecule has 1 fully saturated rings. The number of fused-ring (bicyclic) bond motifs is 2. The van der Waals surface area contributed by atoms with Gasteiger partial charge in [0.05, 0.1) is 28.8 Å². The van der Waals surface area contributed by atoms with Gasteiger partial charge in [0.2, 0.25) is 0 Å². The third-order valence-corrected chi connectivity index (χ3v) is 6.43. The van der Waals surface area contributed by atoms with E-state index in [2.05, 4.69) is 0 Å². The van der Waals surface area contributed by atoms with E-state index < -0.39 is 35.5 Å². The predicted molar refractivity (Wildman–Crippen MR) is 110 cm³/mol. The van der Waals surface area contributed by atoms with Crippen LogP contribution in [0, 0.1) is 0 Å². The van der Waals surface area contributed by atoms with Crippen LogP contribution < -0.4 is 4.90 Å². The highest BCUT2D eigenvalue weighted by molar-refractivity contribution is 6.21. The summed E-state index contributed by atoms with van der Waals surface area (Å²) in [6, 6.07) is 10.7. The van der Waals surface area contributed by atoms with Crippen LogP contribution in [0.25, 0.3) is 0 Å². The third kappa shape index (κ3) is 3.25. The van der Waals surface area contributed by atoms with Crippen LogP contribution in [0.3, 0.4) is 0 Å². The van der Waals surface area contributed by atoms with Gasteiger partial charge in [0, 0.05) is 17.5 Å². The minimum Gasteiger partial charge on any atom is -0.338 e. The number of nitrogens with zero attached hydrogens (tertiary/aromatic N) is 2. The van der Waals surface area contributed by atoms with Crippen LogP contribution in [0.15, 0.2) is 71.5 Å². The molecule has 4 nitrogen and oxygen atoms in total. The minimum atomic E-state index is -4.50. The van der Waals surface area contributed by atoms with Crippen molar-refractivity contribution in [1.29, 1.82) is 0 Å². The summed E-state index contributed by atoms with van der Waals surface area (Å²) in [5, 5.41) is 0. The van der Waals surface area contributed by atoms with Crippen molar-refractivity contribution in [2.45, 2.75) is 31.5 Å². The van der Waals surface area contributed by atoms with Crippen LogP contribution in [0.1, 0.15) is 39.6 Å². The molecule has 1 saturated carbocycles. The average Bonchev–Trinajstić information content (AvgIpc) is 3.40. The highest BCUT2D eigenvalue weighted by atomic mass is 19.4. The highest BCUT2D eigenvalue weighted by Crippen LogP contribution is 2.56. The Morgan fingerprint density at radius 1 is 0.970 bits per heavy atom. The molecule has 1 aliphatic carbocycles. The standard InChI is InChI=1S/C24H17F5N2O2/c1-23-10-18(23)19(20(25)26)13(11-30-21(32)16-4-2-3-5-17(16)22(30)33)12-31(23)15-8-6-14(7-9-15)24(27,28)29/h2-9,12,20H,10-11H2,1H3. The van der Waals surface area contributed by atoms with Gasteiger partial charge >= 0.3 is 6.18 Å². The summed E-state index contributed by atoms with van der Waals surface area (Å²) in [7, 11) is 0. The molecule has 0 aromatic heterocycles. The number of amides is 2. The molecule has 0 radical (unpaired) electrons. The van der Waals surface area contributed by atoms with Crippen LogP contribution in [-0.4, -0.2) is 35.2 Å². The number of hydrogen-bond donors (Lipinski definition) is 0. The van der Waals surface area contributed by atoms with Crippen molar-refractivity contribution >= 4 is 17.5 Å². The topological polar surface area (TPSA) is 40.6 Å². The third-order valence-electron chi connectivity index (χ3n) is 6.43. The van der Waals surface area contributed by atoms with Gasteiger partial charge in [-0.3, -0.25) is 14.5 Å². The van der Waals surface area contributed by atoms with Crippen LogP contribution in [0.5, 0.6) is 0 Å². The summed E-state index contributed by atoms with van der Waals surface area (Å²) < 4.78 is 66.9. The second kappa shape index (κ2) is 7.00. The van der Waals surface area contributed by atoms with E-state index >= 15 is 0 Å². The molecule has 2 aromatic carbocycles. The van der Waals surface area contributed by atoms with Gasteiger partial charge < -0.3 is 4.90 Å². The normalized spacial score (nSPS) is 22.1. The van der Waals surface area contributed by atoms with E-state index in [1.807, 2.05) is 0 Å². The predicted octanol–water partition coefficient (Wildman–Crippen LogP) is 5.43. The lowest BCUT2D eigenvalue weighted by atomic mass is 9.99. The first-order valence-corrected chi connectivity index (χ1v) is 10.2. The zero-order chi connectivity index (χ0) is 23.7. The smallest absolute Gasteiger partial charge is 0.338 e. The monoisotopic (exact) mass is 460 g/mol. The van der Waals surface area contributed by atoms with E-state index in [0.717, 1.165) is 17.0 Å². The van der Waals surface area contributed by atoms with Gasteiger partial charge in [0.15, 0.2) is 0 Å². The number of carbonyl (C=O) groups excluding carboxylic acids is 2. The van der Waals surface area contributed by atoms with Gasteiger partial charge in [0.1, 0.15) is 0 Å². The van der Waals surface area contributed by atoms with E-state index in [0.29, 0.717) is 17.7 Å². The molecular formula is C24H17F5N2O2. The van der Waals surface area contributed by atoms with Gasteiger partial charge in [-0.1, -0.05) is 12.1 Å². The lowest BCUT2D eigenvalue weighted by Gasteiger charge is -2.34. The summed E-state index contributed by atoms with van der Waals surface area (Å²) in [5.41, 5.74) is -0.468. The molecule has 1 atom stereocenters. The van der Waals surface area contributed by atoms with Crippen molar-refractivity contribution in [3.63, 3.8) is 0 Å². The summed E-state index contributed by atoms with van der Waals surface area (Å²) in [4.78, 5) is 28.1. The molecule has 5 rings (SSSR count). The van der Waals surface area contributed by atoms with E-state index in [1.54, 1.807) is 24.0 Å². The molecule has 0 spiro atoms. The Hall–Kier alpha value is -3.49. The highest BCUT2D eigenvalue weighted by Gasteiger charge is 2.55. The Bertz CT molecular complexity index is 1210. The van der Waals surface area contributed by atoms with Crippen molar-refractivity contribution in [2.75, 3.05) is 11.4 Å². The quantitative estimate of drug-likeness (QED) is 0.451. The summed E-state index contributed by atoms with van der Waals surface area (Å²) >= 11 is 0. The molecule has 0 N–H and O–H groups in total. The number of anilines is 1. The fraction of sp³-hybridized carbons (Fsp3) is 0.250. The number of rotatable bonds is 4. The van der Waals surface area contributed by atoms with Crippen molar-refractivity contribution in [3.05, 3.63) is 88.1 Å². The number of halogens is 5. The average molecular weight is 460 g/mol. The minimum absolute atomic E-state index is 0.0874. The van der Waals surface area contributed by atoms with Crippen molar-refractivity contribution < 1.29 is 31.5 Å². The Labute approximate surface area is 185 Å². The second-order valence-corrected chi connectivity index (χ2v) is 8.45. The molecular weight excluding hydrogens is 443 g/mol. The van der Waals surface area contributed by atoms with E-state index in [-0.39, 0.29) is 28.8 Å². The SMILES string of the molecule is CC12CC1=C(C(F)F)C(CN1C(=O)c3ccccc3C1=O)=CN2c1ccc(C(F)(F)F)cc1. The Balaban J connectivity index is 1.52. The molecule has 2 amide bonds. The van der Waals surface area contributed by atoms with Crippen LogP contribution in [-0.2, 0) is 6.18 Å². The zero-order valence-corrected chi connectivity index (χ0v) is 17.3. The van der Waals surface area contributed by atoms with Gasteiger partial charge in [-0.05, 0) is 60.9 Å². The molecule has 2 aromatic rings. The maximum atomic E-state index is 14.0. The molecule has 0 bridgehead atoms. The molecule has 3 aliphatic rings. The number of hydrogen-bond acceptors (Lipinski definition) is 3. The number of benzene rings is 2. The maximum Gasteiger partial charge on any atom is 0.416 e. The molecule has 170 valence electrons. The number of carbonyl (C=O) groups is 2. The summed E-state index contributed by atoms with van der Waals surface area (Å²) in [6.07, 6.45) is -5.59. The van der Waals surface area contributed by atoms with Crippen LogP contribution in [0.4, 0.5) is 27.6 Å². The van der Waals surface area contributed by atoms with E-state index in [9.17, 15) is 31.5 Å². The van der Waals surface area contributed by atoms with Gasteiger partial charge in [0.25, 0.3) is 18.2 Å². The molecule has 9 heteroatoms. The first-order valence-electron chi connectivity index (χ1n) is 10.2. The Morgan fingerprint density at radius 2 is 1.55 bits per heavy atom. The zero-order valence-electron chi connectivity index (χ0n) is 17.3. The lowest BCUT2D eigenvalue weighted by molar-refractivity contribution is -0.137. The molecule has 2 heterocycles. The molecule has 33 heavy (non-hydrogen) atoms. The molecule has 2 aliphatic heterocycles. The summed E-state index contributed by atoms with van der Waals surface area (Å²) in [5.74, 6) is -1.14. The first kappa shape index (κ1) is 21.4. The maximum absolute atomic E-state index is 14.0. The van der Waals surface area contributed by atoms with Gasteiger partial charge in [-0.15, -0.1) is 0 Å².